The number of rotatable bonds is 3. The molecular formula is C23H13ClFN3OS. The number of thiophene rings is 1. The summed E-state index contributed by atoms with van der Waals surface area (Å²) in [6, 6.07) is 17.1. The number of amides is 1. The van der Waals surface area contributed by atoms with E-state index < -0.39 is 0 Å². The number of aliphatic imine (C=N–C) groups is 1. The summed E-state index contributed by atoms with van der Waals surface area (Å²) >= 11 is 8.14. The van der Waals surface area contributed by atoms with Gasteiger partial charge in [0, 0.05) is 22.5 Å². The van der Waals surface area contributed by atoms with Gasteiger partial charge in [0.15, 0.2) is 5.84 Å². The fourth-order valence-electron chi connectivity index (χ4n) is 3.27. The summed E-state index contributed by atoms with van der Waals surface area (Å²) < 4.78 is 14.5. The van der Waals surface area contributed by atoms with Gasteiger partial charge >= 0.3 is 0 Å². The average Bonchev–Trinajstić information content (AvgIpc) is 3.27. The van der Waals surface area contributed by atoms with Crippen molar-refractivity contribution in [2.24, 2.45) is 4.99 Å². The van der Waals surface area contributed by atoms with Crippen molar-refractivity contribution >= 4 is 56.5 Å². The first-order chi connectivity index (χ1) is 14.6. The summed E-state index contributed by atoms with van der Waals surface area (Å²) in [5.74, 6) is -0.253. The van der Waals surface area contributed by atoms with Gasteiger partial charge in [0.05, 0.1) is 15.6 Å². The Morgan fingerprint density at radius 2 is 1.73 bits per heavy atom. The summed E-state index contributed by atoms with van der Waals surface area (Å²) in [4.78, 5) is 24.1. The number of carbonyl (C=O) groups is 1. The number of nitrogens with zero attached hydrogens (tertiary/aromatic N) is 3. The molecule has 3 heterocycles. The van der Waals surface area contributed by atoms with E-state index in [2.05, 4.69) is 9.98 Å². The van der Waals surface area contributed by atoms with Gasteiger partial charge in [0.25, 0.3) is 5.91 Å². The molecule has 7 heteroatoms. The highest BCUT2D eigenvalue weighted by Crippen LogP contribution is 2.39. The van der Waals surface area contributed by atoms with E-state index in [1.807, 2.05) is 24.3 Å². The summed E-state index contributed by atoms with van der Waals surface area (Å²) in [5.41, 5.74) is 1.60. The third kappa shape index (κ3) is 3.20. The number of amidine groups is 1. The van der Waals surface area contributed by atoms with Crippen molar-refractivity contribution in [1.29, 1.82) is 0 Å². The van der Waals surface area contributed by atoms with Crippen LogP contribution in [-0.4, -0.2) is 16.7 Å². The van der Waals surface area contributed by atoms with Crippen LogP contribution in [0.4, 0.5) is 10.1 Å². The molecule has 2 aromatic heterocycles. The maximum absolute atomic E-state index is 13.5. The van der Waals surface area contributed by atoms with Crippen LogP contribution < -0.4 is 4.90 Å². The number of pyridine rings is 1. The molecule has 1 aliphatic rings. The molecule has 0 radical (unpaired) electrons. The Morgan fingerprint density at radius 1 is 1.00 bits per heavy atom. The first-order valence-electron chi connectivity index (χ1n) is 9.09. The molecule has 0 spiro atoms. The van der Waals surface area contributed by atoms with E-state index in [-0.39, 0.29) is 17.4 Å². The van der Waals surface area contributed by atoms with Crippen molar-refractivity contribution < 1.29 is 9.18 Å². The van der Waals surface area contributed by atoms with E-state index in [0.717, 1.165) is 15.6 Å². The van der Waals surface area contributed by atoms with Gasteiger partial charge in [-0.2, -0.15) is 0 Å². The van der Waals surface area contributed by atoms with Gasteiger partial charge in [-0.15, -0.1) is 11.3 Å². The van der Waals surface area contributed by atoms with Gasteiger partial charge in [0.2, 0.25) is 0 Å². The van der Waals surface area contributed by atoms with Crippen LogP contribution in [0.3, 0.4) is 0 Å². The van der Waals surface area contributed by atoms with Gasteiger partial charge in [-0.3, -0.25) is 14.7 Å². The molecule has 1 amide bonds. The second kappa shape index (κ2) is 7.48. The summed E-state index contributed by atoms with van der Waals surface area (Å²) in [5, 5.41) is 1.44. The molecule has 5 rings (SSSR count). The lowest BCUT2D eigenvalue weighted by Crippen LogP contribution is -2.32. The minimum atomic E-state index is -0.378. The maximum atomic E-state index is 13.5. The lowest BCUT2D eigenvalue weighted by molar-refractivity contribution is -0.113. The number of carbonyl (C=O) groups excluding carboxylic acids is 1. The summed E-state index contributed by atoms with van der Waals surface area (Å²) in [6.45, 7) is 0. The van der Waals surface area contributed by atoms with Crippen LogP contribution in [-0.2, 0) is 4.79 Å². The summed E-state index contributed by atoms with van der Waals surface area (Å²) in [6.07, 6.45) is 5.00. The van der Waals surface area contributed by atoms with E-state index in [1.54, 1.807) is 42.7 Å². The molecule has 0 fully saturated rings. The van der Waals surface area contributed by atoms with E-state index in [1.165, 1.54) is 28.4 Å². The number of hydrogen-bond donors (Lipinski definition) is 0. The van der Waals surface area contributed by atoms with E-state index in [9.17, 15) is 9.18 Å². The molecule has 2 aromatic carbocycles. The van der Waals surface area contributed by atoms with Crippen molar-refractivity contribution in [3.05, 3.63) is 100 Å². The monoisotopic (exact) mass is 433 g/mol. The third-order valence-electron chi connectivity index (χ3n) is 4.69. The fraction of sp³-hybridized carbons (Fsp3) is 0. The van der Waals surface area contributed by atoms with Crippen molar-refractivity contribution in [1.82, 2.24) is 4.98 Å². The molecule has 0 saturated heterocycles. The van der Waals surface area contributed by atoms with Crippen LogP contribution >= 0.6 is 22.9 Å². The topological polar surface area (TPSA) is 45.6 Å². The van der Waals surface area contributed by atoms with Crippen LogP contribution in [0.2, 0.25) is 5.02 Å². The first kappa shape index (κ1) is 18.7. The van der Waals surface area contributed by atoms with Gasteiger partial charge in [-0.1, -0.05) is 29.8 Å². The maximum Gasteiger partial charge on any atom is 0.282 e. The Morgan fingerprint density at radius 3 is 2.47 bits per heavy atom. The Kier molecular flexibility index (Phi) is 4.65. The highest BCUT2D eigenvalue weighted by atomic mass is 35.5. The van der Waals surface area contributed by atoms with Gasteiger partial charge < -0.3 is 0 Å². The highest BCUT2D eigenvalue weighted by molar-refractivity contribution is 7.21. The second-order valence-corrected chi connectivity index (χ2v) is 8.03. The molecule has 0 unspecified atom stereocenters. The quantitative estimate of drug-likeness (QED) is 0.376. The van der Waals surface area contributed by atoms with Crippen molar-refractivity contribution in [3.63, 3.8) is 0 Å². The first-order valence-corrected chi connectivity index (χ1v) is 10.3. The number of anilines is 1. The normalized spacial score (nSPS) is 15.3. The van der Waals surface area contributed by atoms with E-state index in [0.29, 0.717) is 21.4 Å². The highest BCUT2D eigenvalue weighted by Gasteiger charge is 2.34. The van der Waals surface area contributed by atoms with E-state index in [4.69, 9.17) is 11.6 Å². The minimum absolute atomic E-state index is 0.272. The van der Waals surface area contributed by atoms with Crippen LogP contribution in [0.1, 0.15) is 10.4 Å². The zero-order valence-electron chi connectivity index (χ0n) is 15.4. The molecular weight excluding hydrogens is 421 g/mol. The zero-order chi connectivity index (χ0) is 20.7. The molecule has 1 aliphatic heterocycles. The molecule has 0 aliphatic carbocycles. The number of halogens is 2. The average molecular weight is 434 g/mol. The Bertz CT molecular complexity index is 1330. The van der Waals surface area contributed by atoms with Crippen LogP contribution in [0.25, 0.3) is 16.2 Å². The standard InChI is InChI=1S/C23H13ClFN3OS/c24-20-17-3-1-2-4-19(17)30-21(20)22-27-18(13-14-9-11-26-12-10-14)23(29)28(22)16-7-5-15(25)6-8-16/h1-13H/b18-13+. The fourth-order valence-corrected chi connectivity index (χ4v) is 4.77. The lowest BCUT2D eigenvalue weighted by Gasteiger charge is -2.17. The number of hydrogen-bond acceptors (Lipinski definition) is 4. The number of benzene rings is 2. The molecule has 4 nitrogen and oxygen atoms in total. The molecule has 0 bridgehead atoms. The second-order valence-electron chi connectivity index (χ2n) is 6.60. The predicted molar refractivity (Wildman–Crippen MR) is 119 cm³/mol. The SMILES string of the molecule is O=C1/C(=C\c2ccncc2)N=C(c2sc3ccccc3c2Cl)N1c1ccc(F)cc1. The van der Waals surface area contributed by atoms with Crippen molar-refractivity contribution in [2.45, 2.75) is 0 Å². The Balaban J connectivity index is 1.69. The molecule has 0 saturated carbocycles. The van der Waals surface area contributed by atoms with Gasteiger partial charge in [0.1, 0.15) is 11.5 Å². The third-order valence-corrected chi connectivity index (χ3v) is 6.36. The molecule has 146 valence electrons. The number of fused-ring (bicyclic) bond motifs is 1. The van der Waals surface area contributed by atoms with Gasteiger partial charge in [-0.25, -0.2) is 9.38 Å². The summed E-state index contributed by atoms with van der Waals surface area (Å²) in [7, 11) is 0. The predicted octanol–water partition coefficient (Wildman–Crippen LogP) is 5.92. The Labute approximate surface area is 180 Å². The largest absolute Gasteiger partial charge is 0.282 e. The Hall–Kier alpha value is -3.35. The molecule has 0 N–H and O–H groups in total. The van der Waals surface area contributed by atoms with Crippen LogP contribution in [0.5, 0.6) is 0 Å². The molecule has 30 heavy (non-hydrogen) atoms. The van der Waals surface area contributed by atoms with Crippen molar-refractivity contribution in [3.8, 4) is 0 Å². The van der Waals surface area contributed by atoms with Gasteiger partial charge in [-0.05, 0) is 54.1 Å². The minimum Gasteiger partial charge on any atom is -0.266 e. The smallest absolute Gasteiger partial charge is 0.266 e. The van der Waals surface area contributed by atoms with Crippen LogP contribution in [0.15, 0.2) is 83.7 Å². The lowest BCUT2D eigenvalue weighted by atomic mass is 10.2. The zero-order valence-corrected chi connectivity index (χ0v) is 17.0. The number of aromatic nitrogens is 1. The molecule has 4 aromatic rings. The molecule has 0 atom stereocenters. The van der Waals surface area contributed by atoms with E-state index >= 15 is 0 Å². The van der Waals surface area contributed by atoms with Crippen LogP contribution in [0, 0.1) is 5.82 Å². The van der Waals surface area contributed by atoms with Crippen molar-refractivity contribution in [2.75, 3.05) is 4.90 Å².